The quantitative estimate of drug-likeness (QED) is 0.866. The van der Waals surface area contributed by atoms with Crippen LogP contribution in [0.2, 0.25) is 0 Å². The van der Waals surface area contributed by atoms with E-state index >= 15 is 0 Å². The molecule has 0 aliphatic carbocycles. The second kappa shape index (κ2) is 5.38. The summed E-state index contributed by atoms with van der Waals surface area (Å²) in [7, 11) is 1.97. The molecule has 1 aromatic heterocycles. The third-order valence-corrected chi connectivity index (χ3v) is 3.74. The fourth-order valence-electron chi connectivity index (χ4n) is 2.79. The van der Waals surface area contributed by atoms with E-state index < -0.39 is 0 Å². The van der Waals surface area contributed by atoms with Crippen molar-refractivity contribution in [2.45, 2.75) is 39.0 Å². The van der Waals surface area contributed by atoms with Gasteiger partial charge in [-0.1, -0.05) is 0 Å². The maximum atomic E-state index is 5.99. The topological polar surface area (TPSA) is 56.3 Å². The lowest BCUT2D eigenvalue weighted by Gasteiger charge is -2.39. The van der Waals surface area contributed by atoms with Gasteiger partial charge in [0.05, 0.1) is 24.4 Å². The van der Waals surface area contributed by atoms with Crippen molar-refractivity contribution in [1.29, 1.82) is 0 Å². The summed E-state index contributed by atoms with van der Waals surface area (Å²) in [5.74, 6) is 0. The number of ether oxygens (including phenoxy) is 1. The molecule has 1 aliphatic rings. The lowest BCUT2D eigenvalue weighted by molar-refractivity contribution is -0.0800. The van der Waals surface area contributed by atoms with E-state index in [9.17, 15) is 0 Å². The number of aromatic nitrogens is 2. The van der Waals surface area contributed by atoms with Crippen LogP contribution in [0.5, 0.6) is 0 Å². The molecule has 2 heterocycles. The number of morpholine rings is 1. The van der Waals surface area contributed by atoms with E-state index in [1.54, 1.807) is 0 Å². The maximum absolute atomic E-state index is 5.99. The molecular weight excluding hydrogens is 228 g/mol. The third kappa shape index (κ3) is 2.58. The van der Waals surface area contributed by atoms with Crippen LogP contribution in [0.1, 0.15) is 31.1 Å². The van der Waals surface area contributed by atoms with E-state index in [-0.39, 0.29) is 18.2 Å². The third-order valence-electron chi connectivity index (χ3n) is 3.74. The molecule has 1 saturated heterocycles. The fourth-order valence-corrected chi connectivity index (χ4v) is 2.79. The first-order chi connectivity index (χ1) is 8.52. The normalized spacial score (nSPS) is 27.4. The average molecular weight is 252 g/mol. The average Bonchev–Trinajstić information content (AvgIpc) is 2.61. The number of rotatable bonds is 3. The van der Waals surface area contributed by atoms with Gasteiger partial charge in [0, 0.05) is 37.9 Å². The van der Waals surface area contributed by atoms with Crippen molar-refractivity contribution in [2.24, 2.45) is 12.8 Å². The van der Waals surface area contributed by atoms with Gasteiger partial charge in [0.15, 0.2) is 0 Å². The minimum Gasteiger partial charge on any atom is -0.373 e. The monoisotopic (exact) mass is 252 g/mol. The summed E-state index contributed by atoms with van der Waals surface area (Å²) in [5.41, 5.74) is 8.41. The Kier molecular flexibility index (Phi) is 4.04. The smallest absolute Gasteiger partial charge is 0.0678 e. The van der Waals surface area contributed by atoms with Crippen molar-refractivity contribution in [1.82, 2.24) is 14.7 Å². The molecule has 0 spiro atoms. The van der Waals surface area contributed by atoms with E-state index in [1.165, 1.54) is 11.3 Å². The lowest BCUT2D eigenvalue weighted by Crippen LogP contribution is -2.48. The number of nitrogens with two attached hydrogens (primary N) is 1. The van der Waals surface area contributed by atoms with Gasteiger partial charge in [0.2, 0.25) is 0 Å². The fraction of sp³-hybridized carbons (Fsp3) is 0.769. The molecule has 0 amide bonds. The molecule has 0 aromatic carbocycles. The Morgan fingerprint density at radius 3 is 2.50 bits per heavy atom. The van der Waals surface area contributed by atoms with Gasteiger partial charge in [-0.3, -0.25) is 9.58 Å². The first-order valence-electron chi connectivity index (χ1n) is 6.61. The van der Waals surface area contributed by atoms with Crippen LogP contribution in [0.3, 0.4) is 0 Å². The van der Waals surface area contributed by atoms with Crippen molar-refractivity contribution in [3.8, 4) is 0 Å². The molecule has 102 valence electrons. The molecular formula is C13H24N4O. The molecule has 3 unspecified atom stereocenters. The summed E-state index contributed by atoms with van der Waals surface area (Å²) in [6.45, 7) is 8.81. The van der Waals surface area contributed by atoms with Crippen molar-refractivity contribution >= 4 is 0 Å². The van der Waals surface area contributed by atoms with Crippen LogP contribution in [0, 0.1) is 6.92 Å². The summed E-state index contributed by atoms with van der Waals surface area (Å²) in [4.78, 5) is 2.42. The number of aryl methyl sites for hydroxylation is 1. The molecule has 1 fully saturated rings. The van der Waals surface area contributed by atoms with Crippen LogP contribution in [0.4, 0.5) is 0 Å². The molecule has 5 heteroatoms. The van der Waals surface area contributed by atoms with Crippen LogP contribution in [0.15, 0.2) is 6.20 Å². The van der Waals surface area contributed by atoms with Crippen LogP contribution >= 0.6 is 0 Å². The van der Waals surface area contributed by atoms with Crippen LogP contribution < -0.4 is 5.73 Å². The predicted molar refractivity (Wildman–Crippen MR) is 71.3 cm³/mol. The van der Waals surface area contributed by atoms with Gasteiger partial charge in [0.1, 0.15) is 0 Å². The molecule has 1 aliphatic heterocycles. The summed E-state index contributed by atoms with van der Waals surface area (Å²) in [6.07, 6.45) is 2.47. The van der Waals surface area contributed by atoms with E-state index in [4.69, 9.17) is 10.5 Å². The molecule has 3 atom stereocenters. The van der Waals surface area contributed by atoms with Crippen LogP contribution in [0.25, 0.3) is 0 Å². The van der Waals surface area contributed by atoms with Crippen molar-refractivity contribution in [3.63, 3.8) is 0 Å². The Balaban J connectivity index is 2.20. The minimum atomic E-state index is 0.243. The summed E-state index contributed by atoms with van der Waals surface area (Å²) in [6, 6.07) is 0.243. The molecule has 18 heavy (non-hydrogen) atoms. The zero-order valence-corrected chi connectivity index (χ0v) is 11.8. The van der Waals surface area contributed by atoms with Gasteiger partial charge < -0.3 is 10.5 Å². The van der Waals surface area contributed by atoms with Gasteiger partial charge >= 0.3 is 0 Å². The SMILES string of the molecule is Cc1c(C(CN)N2CC(C)OC(C)C2)cnn1C. The highest BCUT2D eigenvalue weighted by Gasteiger charge is 2.29. The summed E-state index contributed by atoms with van der Waals surface area (Å²) >= 11 is 0. The largest absolute Gasteiger partial charge is 0.373 e. The van der Waals surface area contributed by atoms with Gasteiger partial charge in [-0.15, -0.1) is 0 Å². The van der Waals surface area contributed by atoms with E-state index in [0.717, 1.165) is 13.1 Å². The summed E-state index contributed by atoms with van der Waals surface area (Å²) < 4.78 is 7.69. The van der Waals surface area contributed by atoms with Crippen LogP contribution in [-0.4, -0.2) is 46.5 Å². The second-order valence-electron chi connectivity index (χ2n) is 5.27. The lowest BCUT2D eigenvalue weighted by atomic mass is 10.0. The zero-order chi connectivity index (χ0) is 13.3. The highest BCUT2D eigenvalue weighted by Crippen LogP contribution is 2.25. The zero-order valence-electron chi connectivity index (χ0n) is 11.8. The Morgan fingerprint density at radius 2 is 2.06 bits per heavy atom. The summed E-state index contributed by atoms with van der Waals surface area (Å²) in [5, 5.41) is 4.32. The maximum Gasteiger partial charge on any atom is 0.0678 e. The standard InChI is InChI=1S/C13H24N4O/c1-9-7-17(8-10(2)18-9)13(5-14)12-6-15-16(4)11(12)3/h6,9-10,13H,5,7-8,14H2,1-4H3. The van der Waals surface area contributed by atoms with Crippen molar-refractivity contribution in [2.75, 3.05) is 19.6 Å². The van der Waals surface area contributed by atoms with Gasteiger partial charge in [-0.25, -0.2) is 0 Å². The molecule has 0 bridgehead atoms. The predicted octanol–water partition coefficient (Wildman–Crippen LogP) is 0.838. The molecule has 0 saturated carbocycles. The van der Waals surface area contributed by atoms with Crippen LogP contribution in [-0.2, 0) is 11.8 Å². The van der Waals surface area contributed by atoms with E-state index in [2.05, 4.69) is 30.8 Å². The number of hydrogen-bond acceptors (Lipinski definition) is 4. The van der Waals surface area contributed by atoms with Crippen molar-refractivity contribution < 1.29 is 4.74 Å². The first kappa shape index (κ1) is 13.5. The molecule has 2 N–H and O–H groups in total. The Hall–Kier alpha value is -0.910. The van der Waals surface area contributed by atoms with Gasteiger partial charge in [-0.05, 0) is 20.8 Å². The second-order valence-corrected chi connectivity index (χ2v) is 5.27. The van der Waals surface area contributed by atoms with Crippen molar-refractivity contribution in [3.05, 3.63) is 17.5 Å². The van der Waals surface area contributed by atoms with E-state index in [1.807, 2.05) is 17.9 Å². The highest BCUT2D eigenvalue weighted by atomic mass is 16.5. The number of nitrogens with zero attached hydrogens (tertiary/aromatic N) is 3. The Labute approximate surface area is 109 Å². The minimum absolute atomic E-state index is 0.243. The molecule has 0 radical (unpaired) electrons. The Bertz CT molecular complexity index is 394. The highest BCUT2D eigenvalue weighted by molar-refractivity contribution is 5.21. The van der Waals surface area contributed by atoms with Gasteiger partial charge in [0.25, 0.3) is 0 Å². The van der Waals surface area contributed by atoms with Gasteiger partial charge in [-0.2, -0.15) is 5.10 Å². The van der Waals surface area contributed by atoms with E-state index in [0.29, 0.717) is 6.54 Å². The molecule has 2 rings (SSSR count). The Morgan fingerprint density at radius 1 is 1.44 bits per heavy atom. The molecule has 5 nitrogen and oxygen atoms in total. The first-order valence-corrected chi connectivity index (χ1v) is 6.61. The number of hydrogen-bond donors (Lipinski definition) is 1. The molecule has 1 aromatic rings.